The third kappa shape index (κ3) is 2.36. The number of hydrogen-bond acceptors (Lipinski definition) is 5. The Morgan fingerprint density at radius 1 is 1.30 bits per heavy atom. The lowest BCUT2D eigenvalue weighted by Gasteiger charge is -2.09. The van der Waals surface area contributed by atoms with E-state index in [1.54, 1.807) is 22.2 Å². The van der Waals surface area contributed by atoms with E-state index < -0.39 is 0 Å². The van der Waals surface area contributed by atoms with Crippen LogP contribution in [0.5, 0.6) is 0 Å². The SMILES string of the molecule is Cc1nn(CC(C)c2nc3c4ccsc4ncn3n2)c(C)c1Br. The molecule has 8 heteroatoms. The lowest BCUT2D eigenvalue weighted by Crippen LogP contribution is -2.10. The third-order valence-electron chi connectivity index (χ3n) is 4.00. The first-order chi connectivity index (χ1) is 11.0. The van der Waals surface area contributed by atoms with E-state index >= 15 is 0 Å². The first kappa shape index (κ1) is 14.8. The van der Waals surface area contributed by atoms with Gasteiger partial charge in [-0.25, -0.2) is 14.5 Å². The van der Waals surface area contributed by atoms with E-state index in [4.69, 9.17) is 4.98 Å². The fourth-order valence-electron chi connectivity index (χ4n) is 2.69. The Balaban J connectivity index is 1.71. The minimum Gasteiger partial charge on any atom is -0.268 e. The zero-order chi connectivity index (χ0) is 16.1. The Hall–Kier alpha value is -1.80. The highest BCUT2D eigenvalue weighted by Gasteiger charge is 2.17. The van der Waals surface area contributed by atoms with E-state index in [1.165, 1.54) is 0 Å². The molecular weight excluding hydrogens is 376 g/mol. The molecule has 0 bridgehead atoms. The molecule has 4 rings (SSSR count). The molecule has 4 aromatic rings. The molecule has 6 nitrogen and oxygen atoms in total. The molecule has 0 spiro atoms. The quantitative estimate of drug-likeness (QED) is 0.534. The lowest BCUT2D eigenvalue weighted by molar-refractivity contribution is 0.512. The predicted octanol–water partition coefficient (Wildman–Crippen LogP) is 3.72. The normalized spacial score (nSPS) is 13.2. The molecule has 0 radical (unpaired) electrons. The van der Waals surface area contributed by atoms with E-state index in [0.29, 0.717) is 0 Å². The first-order valence-electron chi connectivity index (χ1n) is 7.32. The monoisotopic (exact) mass is 390 g/mol. The maximum absolute atomic E-state index is 4.73. The number of aromatic nitrogens is 6. The van der Waals surface area contributed by atoms with Gasteiger partial charge in [0.1, 0.15) is 11.2 Å². The van der Waals surface area contributed by atoms with Crippen LogP contribution in [0.3, 0.4) is 0 Å². The highest BCUT2D eigenvalue weighted by atomic mass is 79.9. The molecule has 0 aromatic carbocycles. The van der Waals surface area contributed by atoms with Crippen molar-refractivity contribution in [2.45, 2.75) is 33.2 Å². The molecule has 1 atom stereocenters. The summed E-state index contributed by atoms with van der Waals surface area (Å²) in [6.45, 7) is 6.93. The van der Waals surface area contributed by atoms with Crippen molar-refractivity contribution in [1.82, 2.24) is 29.4 Å². The summed E-state index contributed by atoms with van der Waals surface area (Å²) in [6.07, 6.45) is 1.73. The summed E-state index contributed by atoms with van der Waals surface area (Å²) in [4.78, 5) is 10.1. The number of hydrogen-bond donors (Lipinski definition) is 0. The van der Waals surface area contributed by atoms with Crippen LogP contribution in [-0.4, -0.2) is 29.4 Å². The molecule has 0 aliphatic carbocycles. The van der Waals surface area contributed by atoms with Gasteiger partial charge >= 0.3 is 0 Å². The summed E-state index contributed by atoms with van der Waals surface area (Å²) in [5.41, 5.74) is 2.99. The van der Waals surface area contributed by atoms with Crippen LogP contribution >= 0.6 is 27.3 Å². The molecule has 1 unspecified atom stereocenters. The van der Waals surface area contributed by atoms with E-state index in [1.807, 2.05) is 23.1 Å². The lowest BCUT2D eigenvalue weighted by atomic mass is 10.1. The number of nitrogens with zero attached hydrogens (tertiary/aromatic N) is 6. The molecular formula is C15H15BrN6S. The summed E-state index contributed by atoms with van der Waals surface area (Å²) in [5, 5.41) is 12.2. The summed E-state index contributed by atoms with van der Waals surface area (Å²) in [6, 6.07) is 2.05. The molecule has 0 fully saturated rings. The first-order valence-corrected chi connectivity index (χ1v) is 9.00. The van der Waals surface area contributed by atoms with Crippen LogP contribution in [0.25, 0.3) is 15.9 Å². The van der Waals surface area contributed by atoms with Crippen LogP contribution in [0.1, 0.15) is 30.1 Å². The van der Waals surface area contributed by atoms with Crippen molar-refractivity contribution >= 4 is 43.1 Å². The van der Waals surface area contributed by atoms with E-state index in [2.05, 4.69) is 45.0 Å². The van der Waals surface area contributed by atoms with Gasteiger partial charge in [-0.15, -0.1) is 16.4 Å². The zero-order valence-electron chi connectivity index (χ0n) is 13.0. The van der Waals surface area contributed by atoms with Gasteiger partial charge in [0.05, 0.1) is 22.1 Å². The van der Waals surface area contributed by atoms with Gasteiger partial charge in [0.15, 0.2) is 11.5 Å². The van der Waals surface area contributed by atoms with E-state index in [-0.39, 0.29) is 5.92 Å². The van der Waals surface area contributed by atoms with Gasteiger partial charge in [-0.2, -0.15) is 5.10 Å². The van der Waals surface area contributed by atoms with Gasteiger partial charge in [-0.05, 0) is 41.2 Å². The number of halogens is 1. The molecule has 0 N–H and O–H groups in total. The van der Waals surface area contributed by atoms with Gasteiger partial charge < -0.3 is 0 Å². The Morgan fingerprint density at radius 2 is 2.13 bits per heavy atom. The minimum absolute atomic E-state index is 0.161. The van der Waals surface area contributed by atoms with Crippen LogP contribution in [0.4, 0.5) is 0 Å². The number of fused-ring (bicyclic) bond motifs is 3. The average Bonchev–Trinajstić information content (AvgIpc) is 3.21. The molecule has 0 aliphatic heterocycles. The van der Waals surface area contributed by atoms with Crippen LogP contribution < -0.4 is 0 Å². The Labute approximate surface area is 145 Å². The molecule has 0 saturated carbocycles. The second-order valence-corrected chi connectivity index (χ2v) is 7.38. The summed E-state index contributed by atoms with van der Waals surface area (Å²) in [7, 11) is 0. The maximum Gasteiger partial charge on any atom is 0.167 e. The van der Waals surface area contributed by atoms with Gasteiger partial charge in [0.25, 0.3) is 0 Å². The Kier molecular flexibility index (Phi) is 3.46. The third-order valence-corrected chi connectivity index (χ3v) is 5.97. The highest BCUT2D eigenvalue weighted by molar-refractivity contribution is 9.10. The highest BCUT2D eigenvalue weighted by Crippen LogP contribution is 2.25. The van der Waals surface area contributed by atoms with Crippen molar-refractivity contribution < 1.29 is 0 Å². The standard InChI is InChI=1S/C15H15BrN6S/c1-8(6-21-10(3)12(16)9(2)19-21)13-18-14-11-4-5-23-15(11)17-7-22(14)20-13/h4-5,7-8H,6H2,1-3H3. The summed E-state index contributed by atoms with van der Waals surface area (Å²) < 4.78 is 4.84. The molecule has 0 amide bonds. The molecule has 23 heavy (non-hydrogen) atoms. The van der Waals surface area contributed by atoms with Gasteiger partial charge in [0.2, 0.25) is 0 Å². The smallest absolute Gasteiger partial charge is 0.167 e. The van der Waals surface area contributed by atoms with Crippen molar-refractivity contribution in [2.75, 3.05) is 0 Å². The van der Waals surface area contributed by atoms with Gasteiger partial charge in [-0.3, -0.25) is 4.68 Å². The average molecular weight is 391 g/mol. The predicted molar refractivity (Wildman–Crippen MR) is 94.0 cm³/mol. The molecule has 0 saturated heterocycles. The second kappa shape index (κ2) is 5.38. The van der Waals surface area contributed by atoms with Crippen LogP contribution in [0, 0.1) is 13.8 Å². The fraction of sp³-hybridized carbons (Fsp3) is 0.333. The molecule has 0 aliphatic rings. The Bertz CT molecular complexity index is 1010. The maximum atomic E-state index is 4.73. The van der Waals surface area contributed by atoms with Crippen LogP contribution in [0.15, 0.2) is 22.2 Å². The van der Waals surface area contributed by atoms with E-state index in [9.17, 15) is 0 Å². The van der Waals surface area contributed by atoms with Crippen molar-refractivity contribution in [3.05, 3.63) is 39.5 Å². The van der Waals surface area contributed by atoms with Crippen LogP contribution in [-0.2, 0) is 6.54 Å². The van der Waals surface area contributed by atoms with Crippen molar-refractivity contribution in [1.29, 1.82) is 0 Å². The zero-order valence-corrected chi connectivity index (χ0v) is 15.4. The second-order valence-electron chi connectivity index (χ2n) is 5.69. The van der Waals surface area contributed by atoms with Crippen molar-refractivity contribution in [3.63, 3.8) is 0 Å². The number of rotatable bonds is 3. The van der Waals surface area contributed by atoms with Gasteiger partial charge in [0, 0.05) is 11.6 Å². The largest absolute Gasteiger partial charge is 0.268 e. The molecule has 4 aromatic heterocycles. The molecule has 4 heterocycles. The Morgan fingerprint density at radius 3 is 2.87 bits per heavy atom. The van der Waals surface area contributed by atoms with Gasteiger partial charge in [-0.1, -0.05) is 6.92 Å². The number of thiophene rings is 1. The summed E-state index contributed by atoms with van der Waals surface area (Å²) in [5.74, 6) is 0.975. The molecule has 118 valence electrons. The minimum atomic E-state index is 0.161. The van der Waals surface area contributed by atoms with Crippen LogP contribution in [0.2, 0.25) is 0 Å². The van der Waals surface area contributed by atoms with Crippen molar-refractivity contribution in [2.24, 2.45) is 0 Å². The topological polar surface area (TPSA) is 60.9 Å². The summed E-state index contributed by atoms with van der Waals surface area (Å²) >= 11 is 5.19. The van der Waals surface area contributed by atoms with Crippen molar-refractivity contribution in [3.8, 4) is 0 Å². The number of aryl methyl sites for hydroxylation is 1. The fourth-order valence-corrected chi connectivity index (χ4v) is 3.70. The van der Waals surface area contributed by atoms with E-state index in [0.717, 1.165) is 44.1 Å².